The summed E-state index contributed by atoms with van der Waals surface area (Å²) in [6, 6.07) is 12.1. The molecule has 9 heteroatoms. The number of ether oxygens (including phenoxy) is 1. The third-order valence-electron chi connectivity index (χ3n) is 7.47. The molecule has 0 bridgehead atoms. The molecule has 38 heavy (non-hydrogen) atoms. The quantitative estimate of drug-likeness (QED) is 0.366. The predicted molar refractivity (Wildman–Crippen MR) is 152 cm³/mol. The molecule has 1 fully saturated rings. The number of carbonyl (C=O) groups is 1. The predicted octanol–water partition coefficient (Wildman–Crippen LogP) is 4.26. The lowest BCUT2D eigenvalue weighted by molar-refractivity contribution is 0.0962. The average molecular weight is 518 g/mol. The van der Waals surface area contributed by atoms with Crippen LogP contribution in [0.15, 0.2) is 48.9 Å². The molecular formula is C29H39N7O2. The van der Waals surface area contributed by atoms with Crippen molar-refractivity contribution in [2.24, 2.45) is 5.92 Å². The average Bonchev–Trinajstić information content (AvgIpc) is 2.96. The molecule has 202 valence electrons. The Bertz CT molecular complexity index is 1210. The van der Waals surface area contributed by atoms with E-state index in [-0.39, 0.29) is 17.7 Å². The highest BCUT2D eigenvalue weighted by molar-refractivity contribution is 5.94. The van der Waals surface area contributed by atoms with Gasteiger partial charge in [0.1, 0.15) is 23.7 Å². The Kier molecular flexibility index (Phi) is 9.12. The minimum Gasteiger partial charge on any atom is -0.496 e. The topological polar surface area (TPSA) is 104 Å². The first-order chi connectivity index (χ1) is 18.4. The van der Waals surface area contributed by atoms with Crippen molar-refractivity contribution in [1.82, 2.24) is 25.2 Å². The number of benzene rings is 1. The molecule has 3 aromatic rings. The fraction of sp³-hybridized carbons (Fsp3) is 0.448. The van der Waals surface area contributed by atoms with E-state index in [9.17, 15) is 4.79 Å². The second-order valence-corrected chi connectivity index (χ2v) is 10.1. The van der Waals surface area contributed by atoms with Crippen molar-refractivity contribution in [2.45, 2.75) is 38.6 Å². The van der Waals surface area contributed by atoms with Crippen molar-refractivity contribution < 1.29 is 9.53 Å². The zero-order valence-electron chi connectivity index (χ0n) is 23.0. The number of anilines is 2. The van der Waals surface area contributed by atoms with Gasteiger partial charge in [0.25, 0.3) is 5.91 Å². The molecule has 9 nitrogen and oxygen atoms in total. The van der Waals surface area contributed by atoms with Gasteiger partial charge in [0.05, 0.1) is 12.8 Å². The number of aromatic nitrogens is 3. The molecule has 1 unspecified atom stereocenters. The van der Waals surface area contributed by atoms with Crippen molar-refractivity contribution in [3.8, 4) is 17.0 Å². The number of methoxy groups -OCH3 is 1. The number of hydrogen-bond donors (Lipinski definition) is 3. The van der Waals surface area contributed by atoms with E-state index in [1.807, 2.05) is 30.5 Å². The lowest BCUT2D eigenvalue weighted by Gasteiger charge is -2.29. The van der Waals surface area contributed by atoms with Gasteiger partial charge in [-0.15, -0.1) is 0 Å². The molecule has 0 spiro atoms. The maximum absolute atomic E-state index is 12.0. The summed E-state index contributed by atoms with van der Waals surface area (Å²) in [5, 5.41) is 9.67. The first kappa shape index (κ1) is 27.3. The Morgan fingerprint density at radius 3 is 2.55 bits per heavy atom. The van der Waals surface area contributed by atoms with E-state index in [0.29, 0.717) is 11.6 Å². The smallest absolute Gasteiger partial charge is 0.251 e. The van der Waals surface area contributed by atoms with E-state index < -0.39 is 0 Å². The largest absolute Gasteiger partial charge is 0.496 e. The van der Waals surface area contributed by atoms with Crippen LogP contribution >= 0.6 is 0 Å². The first-order valence-corrected chi connectivity index (χ1v) is 13.3. The number of rotatable bonds is 10. The molecule has 3 heterocycles. The Balaban J connectivity index is 1.36. The molecule has 1 aliphatic rings. The summed E-state index contributed by atoms with van der Waals surface area (Å²) in [6.45, 7) is 7.30. The Morgan fingerprint density at radius 2 is 1.87 bits per heavy atom. The maximum atomic E-state index is 12.0. The van der Waals surface area contributed by atoms with E-state index in [1.165, 1.54) is 0 Å². The molecule has 0 aliphatic carbocycles. The van der Waals surface area contributed by atoms with E-state index in [4.69, 9.17) is 4.74 Å². The van der Waals surface area contributed by atoms with Crippen LogP contribution in [-0.2, 0) is 0 Å². The number of carbonyl (C=O) groups excluding carboxylic acids is 1. The van der Waals surface area contributed by atoms with Gasteiger partial charge >= 0.3 is 0 Å². The summed E-state index contributed by atoms with van der Waals surface area (Å²) in [5.41, 5.74) is 3.43. The van der Waals surface area contributed by atoms with Crippen LogP contribution in [0.2, 0.25) is 0 Å². The Morgan fingerprint density at radius 1 is 1.08 bits per heavy atom. The summed E-state index contributed by atoms with van der Waals surface area (Å²) in [5.74, 6) is 2.74. The lowest BCUT2D eigenvalue weighted by Crippen LogP contribution is -2.36. The van der Waals surface area contributed by atoms with Gasteiger partial charge in [-0.3, -0.25) is 4.79 Å². The lowest BCUT2D eigenvalue weighted by atomic mass is 9.87. The number of nitrogens with one attached hydrogen (secondary N) is 3. The van der Waals surface area contributed by atoms with Gasteiger partial charge in [-0.05, 0) is 74.6 Å². The molecule has 4 rings (SSSR count). The minimum atomic E-state index is -0.129. The van der Waals surface area contributed by atoms with Gasteiger partial charge in [-0.25, -0.2) is 15.0 Å². The molecule has 2 aromatic heterocycles. The van der Waals surface area contributed by atoms with Crippen LogP contribution < -0.4 is 20.7 Å². The summed E-state index contributed by atoms with van der Waals surface area (Å²) in [6.07, 6.45) is 5.71. The van der Waals surface area contributed by atoms with Crippen LogP contribution in [-0.4, -0.2) is 72.6 Å². The van der Waals surface area contributed by atoms with E-state index in [1.54, 1.807) is 26.6 Å². The van der Waals surface area contributed by atoms with Crippen LogP contribution in [0, 0.1) is 5.92 Å². The molecule has 0 radical (unpaired) electrons. The van der Waals surface area contributed by atoms with Crippen LogP contribution in [0.5, 0.6) is 5.75 Å². The third kappa shape index (κ3) is 6.77. The number of piperidine rings is 1. The van der Waals surface area contributed by atoms with Crippen molar-refractivity contribution in [3.05, 3.63) is 60.0 Å². The van der Waals surface area contributed by atoms with E-state index >= 15 is 0 Å². The van der Waals surface area contributed by atoms with E-state index in [0.717, 1.165) is 66.7 Å². The molecule has 1 saturated heterocycles. The molecule has 2 atom stereocenters. The molecule has 1 amide bonds. The normalized spacial score (nSPS) is 15.9. The van der Waals surface area contributed by atoms with Gasteiger partial charge < -0.3 is 25.6 Å². The number of likely N-dealkylation sites (tertiary alicyclic amines) is 1. The Hall–Kier alpha value is -3.72. The summed E-state index contributed by atoms with van der Waals surface area (Å²) in [7, 11) is 5.43. The van der Waals surface area contributed by atoms with Crippen molar-refractivity contribution in [2.75, 3.05) is 51.5 Å². The zero-order valence-corrected chi connectivity index (χ0v) is 23.0. The SMILES string of the molecule is CNC(=O)c1ccc(C(C)[C@H](C)CNc2cc(-c3ccc(NC4CCN(C)CC4)nc3)ncn2)c(OC)c1. The highest BCUT2D eigenvalue weighted by atomic mass is 16.5. The zero-order chi connectivity index (χ0) is 27.1. The van der Waals surface area contributed by atoms with Gasteiger partial charge in [-0.2, -0.15) is 0 Å². The number of pyridine rings is 1. The highest BCUT2D eigenvalue weighted by Crippen LogP contribution is 2.33. The standard InChI is InChI=1S/C29H39N7O2/c1-19(20(2)24-8-6-21(29(37)30-3)14-26(24)38-5)16-31-28-15-25(33-18-34-28)22-7-9-27(32-17-22)35-23-10-12-36(4)13-11-23/h6-9,14-15,17-20,23H,10-13,16H2,1-5H3,(H,30,37)(H,32,35)(H,31,33,34)/t19-,20?/m1/s1. The molecule has 3 N–H and O–H groups in total. The van der Waals surface area contributed by atoms with Gasteiger partial charge in [0.2, 0.25) is 0 Å². The molecule has 1 aromatic carbocycles. The van der Waals surface area contributed by atoms with Crippen LogP contribution in [0.1, 0.15) is 48.5 Å². The number of hydrogen-bond acceptors (Lipinski definition) is 8. The molecule has 0 saturated carbocycles. The fourth-order valence-electron chi connectivity index (χ4n) is 4.73. The monoisotopic (exact) mass is 517 g/mol. The summed E-state index contributed by atoms with van der Waals surface area (Å²) >= 11 is 0. The summed E-state index contributed by atoms with van der Waals surface area (Å²) in [4.78, 5) is 27.9. The van der Waals surface area contributed by atoms with E-state index in [2.05, 4.69) is 62.8 Å². The van der Waals surface area contributed by atoms with Crippen LogP contribution in [0.3, 0.4) is 0 Å². The number of nitrogens with zero attached hydrogens (tertiary/aromatic N) is 4. The second kappa shape index (κ2) is 12.7. The molecular weight excluding hydrogens is 478 g/mol. The number of amides is 1. The third-order valence-corrected chi connectivity index (χ3v) is 7.47. The van der Waals surface area contributed by atoms with Crippen LogP contribution in [0.25, 0.3) is 11.3 Å². The van der Waals surface area contributed by atoms with Crippen LogP contribution in [0.4, 0.5) is 11.6 Å². The first-order valence-electron chi connectivity index (χ1n) is 13.3. The maximum Gasteiger partial charge on any atom is 0.251 e. The highest BCUT2D eigenvalue weighted by Gasteiger charge is 2.20. The van der Waals surface area contributed by atoms with Gasteiger partial charge in [0, 0.05) is 43.0 Å². The van der Waals surface area contributed by atoms with Crippen molar-refractivity contribution in [3.63, 3.8) is 0 Å². The van der Waals surface area contributed by atoms with Gasteiger partial charge in [-0.1, -0.05) is 19.9 Å². The van der Waals surface area contributed by atoms with Crippen molar-refractivity contribution >= 4 is 17.5 Å². The van der Waals surface area contributed by atoms with Crippen molar-refractivity contribution in [1.29, 1.82) is 0 Å². The second-order valence-electron chi connectivity index (χ2n) is 10.1. The molecule has 1 aliphatic heterocycles. The Labute approximate surface area is 225 Å². The summed E-state index contributed by atoms with van der Waals surface area (Å²) < 4.78 is 5.60. The minimum absolute atomic E-state index is 0.129. The fourth-order valence-corrected chi connectivity index (χ4v) is 4.73. The van der Waals surface area contributed by atoms with Gasteiger partial charge in [0.15, 0.2) is 0 Å².